The first-order chi connectivity index (χ1) is 9.12. The Kier molecular flexibility index (Phi) is 4.06. The summed E-state index contributed by atoms with van der Waals surface area (Å²) >= 11 is 0. The van der Waals surface area contributed by atoms with Crippen molar-refractivity contribution in [1.82, 2.24) is 0 Å². The van der Waals surface area contributed by atoms with Gasteiger partial charge in [-0.05, 0) is 43.3 Å². The normalized spacial score (nSPS) is 11.0. The number of hydrogen-bond donors (Lipinski definition) is 2. The van der Waals surface area contributed by atoms with Gasteiger partial charge in [-0.1, -0.05) is 18.2 Å². The summed E-state index contributed by atoms with van der Waals surface area (Å²) in [7, 11) is -3.52. The van der Waals surface area contributed by atoms with E-state index in [1.54, 1.807) is 48.5 Å². The Morgan fingerprint density at radius 3 is 2.11 bits per heavy atom. The highest BCUT2D eigenvalue weighted by molar-refractivity contribution is 7.92. The van der Waals surface area contributed by atoms with Crippen molar-refractivity contribution in [2.24, 2.45) is 0 Å². The fourth-order valence-corrected chi connectivity index (χ4v) is 2.73. The van der Waals surface area contributed by atoms with E-state index >= 15 is 0 Å². The average molecular weight is 276 g/mol. The van der Waals surface area contributed by atoms with Gasteiger partial charge in [-0.15, -0.1) is 0 Å². The van der Waals surface area contributed by atoms with Gasteiger partial charge in [-0.2, -0.15) is 0 Å². The summed E-state index contributed by atoms with van der Waals surface area (Å²) in [5.41, 5.74) is 1.46. The highest BCUT2D eigenvalue weighted by Crippen LogP contribution is 2.17. The molecule has 0 aliphatic carbocycles. The van der Waals surface area contributed by atoms with Crippen molar-refractivity contribution < 1.29 is 8.42 Å². The first kappa shape index (κ1) is 13.4. The van der Waals surface area contributed by atoms with E-state index in [9.17, 15) is 8.42 Å². The third kappa shape index (κ3) is 3.48. The molecule has 0 bridgehead atoms. The van der Waals surface area contributed by atoms with Gasteiger partial charge in [0.15, 0.2) is 0 Å². The third-order valence-corrected chi connectivity index (χ3v) is 3.97. The largest absolute Gasteiger partial charge is 0.385 e. The van der Waals surface area contributed by atoms with Crippen LogP contribution in [0.3, 0.4) is 0 Å². The van der Waals surface area contributed by atoms with Gasteiger partial charge < -0.3 is 5.32 Å². The molecule has 4 nitrogen and oxygen atoms in total. The van der Waals surface area contributed by atoms with Crippen molar-refractivity contribution in [3.05, 3.63) is 54.6 Å². The van der Waals surface area contributed by atoms with Crippen LogP contribution in [-0.2, 0) is 10.0 Å². The SMILES string of the molecule is CCNc1ccc(S(=O)(=O)Nc2ccccc2)cc1. The standard InChI is InChI=1S/C14H16N2O2S/c1-2-15-12-8-10-14(11-9-12)19(17,18)16-13-6-4-3-5-7-13/h3-11,15-16H,2H2,1H3. The molecule has 0 aromatic heterocycles. The summed E-state index contributed by atoms with van der Waals surface area (Å²) in [5, 5.41) is 3.12. The second-order valence-electron chi connectivity index (χ2n) is 4.03. The van der Waals surface area contributed by atoms with Gasteiger partial charge in [0.25, 0.3) is 10.0 Å². The van der Waals surface area contributed by atoms with Gasteiger partial charge in [-0.25, -0.2) is 8.42 Å². The molecule has 0 spiro atoms. The van der Waals surface area contributed by atoms with Crippen molar-refractivity contribution in [2.75, 3.05) is 16.6 Å². The lowest BCUT2D eigenvalue weighted by Crippen LogP contribution is -2.12. The predicted molar refractivity (Wildman–Crippen MR) is 77.9 cm³/mol. The summed E-state index contributed by atoms with van der Waals surface area (Å²) < 4.78 is 26.8. The Hall–Kier alpha value is -2.01. The maximum atomic E-state index is 12.1. The molecule has 2 rings (SSSR count). The molecule has 0 fully saturated rings. The quantitative estimate of drug-likeness (QED) is 0.882. The van der Waals surface area contributed by atoms with E-state index in [2.05, 4.69) is 10.0 Å². The molecule has 2 N–H and O–H groups in total. The van der Waals surface area contributed by atoms with Crippen LogP contribution in [0.2, 0.25) is 0 Å². The lowest BCUT2D eigenvalue weighted by atomic mass is 10.3. The van der Waals surface area contributed by atoms with Crippen LogP contribution in [0, 0.1) is 0 Å². The number of nitrogens with one attached hydrogen (secondary N) is 2. The van der Waals surface area contributed by atoms with E-state index in [-0.39, 0.29) is 4.90 Å². The Labute approximate surface area is 113 Å². The zero-order valence-electron chi connectivity index (χ0n) is 10.6. The van der Waals surface area contributed by atoms with Crippen LogP contribution in [0.1, 0.15) is 6.92 Å². The number of benzene rings is 2. The highest BCUT2D eigenvalue weighted by Gasteiger charge is 2.13. The second-order valence-corrected chi connectivity index (χ2v) is 5.71. The number of sulfonamides is 1. The molecule has 0 unspecified atom stereocenters. The van der Waals surface area contributed by atoms with Crippen molar-refractivity contribution >= 4 is 21.4 Å². The molecule has 0 radical (unpaired) electrons. The molecule has 0 heterocycles. The van der Waals surface area contributed by atoms with Crippen molar-refractivity contribution in [3.8, 4) is 0 Å². The molecule has 0 aliphatic heterocycles. The van der Waals surface area contributed by atoms with Crippen molar-refractivity contribution in [1.29, 1.82) is 0 Å². The first-order valence-corrected chi connectivity index (χ1v) is 7.52. The monoisotopic (exact) mass is 276 g/mol. The lowest BCUT2D eigenvalue weighted by molar-refractivity contribution is 0.601. The van der Waals surface area contributed by atoms with E-state index in [0.29, 0.717) is 5.69 Å². The minimum Gasteiger partial charge on any atom is -0.385 e. The molecule has 5 heteroatoms. The molecule has 0 aliphatic rings. The highest BCUT2D eigenvalue weighted by atomic mass is 32.2. The van der Waals surface area contributed by atoms with Crippen LogP contribution >= 0.6 is 0 Å². The molecule has 0 atom stereocenters. The molecule has 19 heavy (non-hydrogen) atoms. The Morgan fingerprint density at radius 2 is 1.53 bits per heavy atom. The molecule has 2 aromatic carbocycles. The summed E-state index contributed by atoms with van der Waals surface area (Å²) in [4.78, 5) is 0.248. The summed E-state index contributed by atoms with van der Waals surface area (Å²) in [6.45, 7) is 2.79. The smallest absolute Gasteiger partial charge is 0.261 e. The maximum absolute atomic E-state index is 12.1. The third-order valence-electron chi connectivity index (χ3n) is 2.57. The van der Waals surface area contributed by atoms with Crippen molar-refractivity contribution in [2.45, 2.75) is 11.8 Å². The molecular formula is C14H16N2O2S. The van der Waals surface area contributed by atoms with Gasteiger partial charge in [0, 0.05) is 17.9 Å². The van der Waals surface area contributed by atoms with E-state index < -0.39 is 10.0 Å². The molecule has 2 aromatic rings. The molecule has 0 saturated heterocycles. The van der Waals surface area contributed by atoms with Crippen LogP contribution in [0.25, 0.3) is 0 Å². The zero-order valence-corrected chi connectivity index (χ0v) is 11.4. The first-order valence-electron chi connectivity index (χ1n) is 6.03. The number of anilines is 2. The van der Waals surface area contributed by atoms with Gasteiger partial charge in [0.05, 0.1) is 4.90 Å². The Balaban J connectivity index is 2.20. The second kappa shape index (κ2) is 5.75. The summed E-state index contributed by atoms with van der Waals surface area (Å²) in [6, 6.07) is 15.5. The minimum atomic E-state index is -3.52. The lowest BCUT2D eigenvalue weighted by Gasteiger charge is -2.09. The van der Waals surface area contributed by atoms with Crippen LogP contribution in [0.5, 0.6) is 0 Å². The fourth-order valence-electron chi connectivity index (χ4n) is 1.68. The fraction of sp³-hybridized carbons (Fsp3) is 0.143. The van der Waals surface area contributed by atoms with Gasteiger partial charge >= 0.3 is 0 Å². The molecular weight excluding hydrogens is 260 g/mol. The minimum absolute atomic E-state index is 0.248. The molecule has 0 amide bonds. The van der Waals surface area contributed by atoms with Gasteiger partial charge in [0.2, 0.25) is 0 Å². The average Bonchev–Trinajstić information content (AvgIpc) is 2.40. The van der Waals surface area contributed by atoms with Gasteiger partial charge in [0.1, 0.15) is 0 Å². The number of rotatable bonds is 5. The van der Waals surface area contributed by atoms with Crippen LogP contribution in [-0.4, -0.2) is 15.0 Å². The molecule has 0 saturated carbocycles. The molecule has 100 valence electrons. The summed E-state index contributed by atoms with van der Waals surface area (Å²) in [5.74, 6) is 0. The Morgan fingerprint density at radius 1 is 0.895 bits per heavy atom. The van der Waals surface area contributed by atoms with Crippen LogP contribution < -0.4 is 10.0 Å². The number of para-hydroxylation sites is 1. The van der Waals surface area contributed by atoms with E-state index in [1.807, 2.05) is 13.0 Å². The summed E-state index contributed by atoms with van der Waals surface area (Å²) in [6.07, 6.45) is 0. The topological polar surface area (TPSA) is 58.2 Å². The van der Waals surface area contributed by atoms with Gasteiger partial charge in [-0.3, -0.25) is 4.72 Å². The van der Waals surface area contributed by atoms with E-state index in [0.717, 1.165) is 12.2 Å². The van der Waals surface area contributed by atoms with Crippen molar-refractivity contribution in [3.63, 3.8) is 0 Å². The van der Waals surface area contributed by atoms with E-state index in [4.69, 9.17) is 0 Å². The Bertz CT molecular complexity index is 622. The van der Waals surface area contributed by atoms with Crippen LogP contribution in [0.4, 0.5) is 11.4 Å². The number of hydrogen-bond acceptors (Lipinski definition) is 3. The zero-order chi connectivity index (χ0) is 13.7. The maximum Gasteiger partial charge on any atom is 0.261 e. The van der Waals surface area contributed by atoms with E-state index in [1.165, 1.54) is 0 Å². The van der Waals surface area contributed by atoms with Crippen LogP contribution in [0.15, 0.2) is 59.5 Å². The predicted octanol–water partition coefficient (Wildman–Crippen LogP) is 2.92.